The Morgan fingerprint density at radius 2 is 1.79 bits per heavy atom. The maximum Gasteiger partial charge on any atom is 0.224 e. The van der Waals surface area contributed by atoms with Crippen molar-refractivity contribution in [2.45, 2.75) is 53.6 Å². The Hall–Kier alpha value is -3.16. The summed E-state index contributed by atoms with van der Waals surface area (Å²) in [5, 5.41) is 17.3. The summed E-state index contributed by atoms with van der Waals surface area (Å²) in [6.07, 6.45) is 0.631. The molecular formula is C27H35N3O4. The molecule has 34 heavy (non-hydrogen) atoms. The molecule has 2 aromatic carbocycles. The SMILES string of the molecule is Cc1cc(NC(=O)CCCN(C)C)cc(C)c1Oc1cc(-c2c(C)noc2C)cc(C(C)O)c1. The van der Waals surface area contributed by atoms with Crippen LogP contribution in [-0.4, -0.2) is 41.7 Å². The number of nitrogens with zero attached hydrogens (tertiary/aromatic N) is 2. The molecule has 1 amide bonds. The molecule has 0 aliphatic heterocycles. The molecule has 3 rings (SSSR count). The van der Waals surface area contributed by atoms with Crippen LogP contribution in [0.15, 0.2) is 34.9 Å². The number of rotatable bonds is 9. The van der Waals surface area contributed by atoms with Gasteiger partial charge in [-0.15, -0.1) is 0 Å². The third-order valence-corrected chi connectivity index (χ3v) is 5.71. The summed E-state index contributed by atoms with van der Waals surface area (Å²) in [6, 6.07) is 9.53. The van der Waals surface area contributed by atoms with Crippen molar-refractivity contribution in [2.75, 3.05) is 26.0 Å². The van der Waals surface area contributed by atoms with Crippen LogP contribution in [0.25, 0.3) is 11.1 Å². The van der Waals surface area contributed by atoms with Crippen LogP contribution >= 0.6 is 0 Å². The molecule has 3 aromatic rings. The van der Waals surface area contributed by atoms with Crippen molar-refractivity contribution in [3.63, 3.8) is 0 Å². The van der Waals surface area contributed by atoms with Crippen molar-refractivity contribution in [1.82, 2.24) is 10.1 Å². The van der Waals surface area contributed by atoms with Gasteiger partial charge in [0, 0.05) is 17.7 Å². The first-order valence-electron chi connectivity index (χ1n) is 11.5. The van der Waals surface area contributed by atoms with Gasteiger partial charge in [-0.3, -0.25) is 4.79 Å². The summed E-state index contributed by atoms with van der Waals surface area (Å²) in [4.78, 5) is 14.4. The molecule has 0 aliphatic rings. The quantitative estimate of drug-likeness (QED) is 0.421. The molecular weight excluding hydrogens is 430 g/mol. The normalized spacial score (nSPS) is 12.1. The first-order valence-corrected chi connectivity index (χ1v) is 11.5. The fraction of sp³-hybridized carbons (Fsp3) is 0.407. The molecule has 2 N–H and O–H groups in total. The van der Waals surface area contributed by atoms with E-state index in [2.05, 4.69) is 15.4 Å². The van der Waals surface area contributed by atoms with E-state index in [1.165, 1.54) is 0 Å². The van der Waals surface area contributed by atoms with Crippen LogP contribution in [0.4, 0.5) is 5.69 Å². The van der Waals surface area contributed by atoms with Gasteiger partial charge in [-0.1, -0.05) is 5.16 Å². The molecule has 0 spiro atoms. The maximum atomic E-state index is 12.3. The lowest BCUT2D eigenvalue weighted by Gasteiger charge is -2.17. The van der Waals surface area contributed by atoms with Crippen LogP contribution < -0.4 is 10.1 Å². The Morgan fingerprint density at radius 3 is 2.35 bits per heavy atom. The zero-order valence-electron chi connectivity index (χ0n) is 21.2. The number of aliphatic hydroxyl groups excluding tert-OH is 1. The number of carbonyl (C=O) groups is 1. The molecule has 0 aliphatic carbocycles. The van der Waals surface area contributed by atoms with E-state index in [4.69, 9.17) is 9.26 Å². The molecule has 7 nitrogen and oxygen atoms in total. The molecule has 0 bridgehead atoms. The molecule has 1 heterocycles. The Balaban J connectivity index is 1.85. The van der Waals surface area contributed by atoms with E-state index in [1.807, 2.05) is 72.1 Å². The average molecular weight is 466 g/mol. The number of aromatic nitrogens is 1. The lowest BCUT2D eigenvalue weighted by molar-refractivity contribution is -0.116. The molecule has 1 aromatic heterocycles. The third kappa shape index (κ3) is 6.24. The highest BCUT2D eigenvalue weighted by Crippen LogP contribution is 2.37. The smallest absolute Gasteiger partial charge is 0.224 e. The third-order valence-electron chi connectivity index (χ3n) is 5.71. The monoisotopic (exact) mass is 465 g/mol. The van der Waals surface area contributed by atoms with E-state index < -0.39 is 6.10 Å². The van der Waals surface area contributed by atoms with Crippen molar-refractivity contribution in [3.05, 3.63) is 58.5 Å². The number of aryl methyl sites for hydroxylation is 4. The van der Waals surface area contributed by atoms with Gasteiger partial charge < -0.3 is 24.6 Å². The van der Waals surface area contributed by atoms with Crippen molar-refractivity contribution in [1.29, 1.82) is 0 Å². The topological polar surface area (TPSA) is 87.8 Å². The van der Waals surface area contributed by atoms with Crippen LogP contribution in [0, 0.1) is 27.7 Å². The first kappa shape index (κ1) is 25.5. The van der Waals surface area contributed by atoms with Gasteiger partial charge in [-0.25, -0.2) is 0 Å². The summed E-state index contributed by atoms with van der Waals surface area (Å²) in [5.74, 6) is 2.05. The van der Waals surface area contributed by atoms with Crippen molar-refractivity contribution < 1.29 is 19.2 Å². The summed E-state index contributed by atoms with van der Waals surface area (Å²) in [7, 11) is 4.00. The summed E-state index contributed by atoms with van der Waals surface area (Å²) in [5.41, 5.74) is 5.87. The predicted octanol–water partition coefficient (Wildman–Crippen LogP) is 5.70. The molecule has 0 fully saturated rings. The standard InChI is InChI=1S/C27H35N3O4/c1-16-11-23(28-25(32)9-8-10-30(6)7)12-17(2)27(16)33-24-14-21(19(4)31)13-22(15-24)26-18(3)29-34-20(26)5/h11-15,19,31H,8-10H2,1-7H3,(H,28,32). The molecule has 0 radical (unpaired) electrons. The lowest BCUT2D eigenvalue weighted by atomic mass is 9.99. The number of benzene rings is 2. The zero-order chi connectivity index (χ0) is 25.0. The van der Waals surface area contributed by atoms with Crippen LogP contribution in [0.5, 0.6) is 11.5 Å². The largest absolute Gasteiger partial charge is 0.457 e. The van der Waals surface area contributed by atoms with E-state index in [1.54, 1.807) is 6.92 Å². The van der Waals surface area contributed by atoms with Crippen LogP contribution in [0.3, 0.4) is 0 Å². The van der Waals surface area contributed by atoms with Gasteiger partial charge in [0.25, 0.3) is 0 Å². The van der Waals surface area contributed by atoms with Crippen LogP contribution in [0.2, 0.25) is 0 Å². The lowest BCUT2D eigenvalue weighted by Crippen LogP contribution is -2.17. The Labute approximate surface area is 201 Å². The van der Waals surface area contributed by atoms with Gasteiger partial charge in [-0.05, 0) is 114 Å². The molecule has 182 valence electrons. The fourth-order valence-corrected chi connectivity index (χ4v) is 4.04. The molecule has 7 heteroatoms. The number of hydrogen-bond donors (Lipinski definition) is 2. The number of nitrogens with one attached hydrogen (secondary N) is 1. The van der Waals surface area contributed by atoms with E-state index in [0.29, 0.717) is 17.9 Å². The van der Waals surface area contributed by atoms with Crippen molar-refractivity contribution in [2.24, 2.45) is 0 Å². The second-order valence-corrected chi connectivity index (χ2v) is 9.16. The van der Waals surface area contributed by atoms with E-state index in [9.17, 15) is 9.90 Å². The van der Waals surface area contributed by atoms with E-state index >= 15 is 0 Å². The molecule has 1 unspecified atom stereocenters. The van der Waals surface area contributed by atoms with Crippen molar-refractivity contribution >= 4 is 11.6 Å². The number of amides is 1. The number of carbonyl (C=O) groups excluding carboxylic acids is 1. The Morgan fingerprint density at radius 1 is 1.12 bits per heavy atom. The highest BCUT2D eigenvalue weighted by molar-refractivity contribution is 5.91. The van der Waals surface area contributed by atoms with Crippen molar-refractivity contribution in [3.8, 4) is 22.6 Å². The number of ether oxygens (including phenoxy) is 1. The molecule has 1 atom stereocenters. The van der Waals surface area contributed by atoms with Gasteiger partial charge >= 0.3 is 0 Å². The predicted molar refractivity (Wildman–Crippen MR) is 134 cm³/mol. The Kier molecular flexibility index (Phi) is 8.12. The summed E-state index contributed by atoms with van der Waals surface area (Å²) < 4.78 is 11.7. The second-order valence-electron chi connectivity index (χ2n) is 9.16. The second kappa shape index (κ2) is 10.8. The summed E-state index contributed by atoms with van der Waals surface area (Å²) in [6.45, 7) is 10.3. The van der Waals surface area contributed by atoms with Gasteiger partial charge in [0.1, 0.15) is 17.3 Å². The minimum Gasteiger partial charge on any atom is -0.457 e. The van der Waals surface area contributed by atoms with E-state index in [0.717, 1.165) is 57.9 Å². The first-order chi connectivity index (χ1) is 16.0. The fourth-order valence-electron chi connectivity index (χ4n) is 4.04. The Bertz CT molecular complexity index is 1120. The highest BCUT2D eigenvalue weighted by atomic mass is 16.5. The maximum absolute atomic E-state index is 12.3. The minimum absolute atomic E-state index is 0.00283. The van der Waals surface area contributed by atoms with Gasteiger partial charge in [0.2, 0.25) is 5.91 Å². The van der Waals surface area contributed by atoms with Gasteiger partial charge in [0.15, 0.2) is 0 Å². The molecule has 0 saturated heterocycles. The van der Waals surface area contributed by atoms with Gasteiger partial charge in [-0.2, -0.15) is 0 Å². The highest BCUT2D eigenvalue weighted by Gasteiger charge is 2.17. The van der Waals surface area contributed by atoms with E-state index in [-0.39, 0.29) is 5.91 Å². The van der Waals surface area contributed by atoms with Crippen LogP contribution in [-0.2, 0) is 4.79 Å². The van der Waals surface area contributed by atoms with Crippen LogP contribution in [0.1, 0.15) is 54.0 Å². The average Bonchev–Trinajstić information content (AvgIpc) is 3.08. The number of hydrogen-bond acceptors (Lipinski definition) is 6. The zero-order valence-corrected chi connectivity index (χ0v) is 21.2. The number of aliphatic hydroxyl groups is 1. The summed E-state index contributed by atoms with van der Waals surface area (Å²) >= 11 is 0. The minimum atomic E-state index is -0.657. The van der Waals surface area contributed by atoms with Gasteiger partial charge in [0.05, 0.1) is 11.8 Å². The molecule has 0 saturated carbocycles. The number of anilines is 1.